The van der Waals surface area contributed by atoms with Crippen molar-refractivity contribution in [2.24, 2.45) is 0 Å². The summed E-state index contributed by atoms with van der Waals surface area (Å²) in [7, 11) is 1.98. The Morgan fingerprint density at radius 2 is 1.03 bits per heavy atom. The summed E-state index contributed by atoms with van der Waals surface area (Å²) in [5.41, 5.74) is 1.38. The molecule has 0 saturated carbocycles. The maximum Gasteiger partial charge on any atom is 0.251 e. The molecule has 0 unspecified atom stereocenters. The van der Waals surface area contributed by atoms with Crippen molar-refractivity contribution >= 4 is 33.4 Å². The standard InChI is InChI=1S/C27H27N3O2/c1-30(18-16-28-26(31)24-14-6-10-20-8-2-4-12-22(20)24)19-17-29-27(32)25-15-7-11-21-9-3-5-13-23(21)25/h2-15H,16-19H2,1H3,(H,28,31)(H,29,32). The maximum atomic E-state index is 12.6. The lowest BCUT2D eigenvalue weighted by molar-refractivity contribution is 0.0950. The normalized spacial score (nSPS) is 11.1. The Bertz CT molecular complexity index is 1140. The van der Waals surface area contributed by atoms with E-state index in [1.54, 1.807) is 0 Å². The Hall–Kier alpha value is -3.70. The molecule has 0 heterocycles. The zero-order valence-electron chi connectivity index (χ0n) is 18.2. The first-order chi connectivity index (χ1) is 15.6. The van der Waals surface area contributed by atoms with Crippen molar-refractivity contribution in [3.63, 3.8) is 0 Å². The molecule has 0 fully saturated rings. The van der Waals surface area contributed by atoms with E-state index >= 15 is 0 Å². The van der Waals surface area contributed by atoms with Gasteiger partial charge >= 0.3 is 0 Å². The topological polar surface area (TPSA) is 61.4 Å². The lowest BCUT2D eigenvalue weighted by Gasteiger charge is -2.17. The maximum absolute atomic E-state index is 12.6. The fourth-order valence-corrected chi connectivity index (χ4v) is 3.87. The lowest BCUT2D eigenvalue weighted by atomic mass is 10.0. The van der Waals surface area contributed by atoms with Gasteiger partial charge in [-0.3, -0.25) is 9.59 Å². The Balaban J connectivity index is 1.23. The third kappa shape index (κ3) is 4.95. The van der Waals surface area contributed by atoms with Crippen LogP contribution in [0.5, 0.6) is 0 Å². The zero-order chi connectivity index (χ0) is 22.3. The van der Waals surface area contributed by atoms with Gasteiger partial charge < -0.3 is 15.5 Å². The van der Waals surface area contributed by atoms with Crippen LogP contribution in [0.1, 0.15) is 20.7 Å². The fraction of sp³-hybridized carbons (Fsp3) is 0.185. The Morgan fingerprint density at radius 3 is 1.50 bits per heavy atom. The Kier molecular flexibility index (Phi) is 6.78. The van der Waals surface area contributed by atoms with Gasteiger partial charge in [0.2, 0.25) is 0 Å². The number of hydrogen-bond acceptors (Lipinski definition) is 3. The van der Waals surface area contributed by atoms with E-state index < -0.39 is 0 Å². The van der Waals surface area contributed by atoms with Gasteiger partial charge in [-0.05, 0) is 40.7 Å². The van der Waals surface area contributed by atoms with E-state index in [0.29, 0.717) is 37.3 Å². The molecule has 2 N–H and O–H groups in total. The van der Waals surface area contributed by atoms with Crippen molar-refractivity contribution in [3.05, 3.63) is 96.1 Å². The van der Waals surface area contributed by atoms with Crippen LogP contribution in [-0.4, -0.2) is 49.9 Å². The molecule has 0 aliphatic rings. The van der Waals surface area contributed by atoms with Crippen LogP contribution in [0, 0.1) is 0 Å². The average Bonchev–Trinajstić information content (AvgIpc) is 2.83. The molecular formula is C27H27N3O2. The van der Waals surface area contributed by atoms with E-state index in [1.165, 1.54) is 0 Å². The first-order valence-corrected chi connectivity index (χ1v) is 10.8. The monoisotopic (exact) mass is 425 g/mol. The number of fused-ring (bicyclic) bond motifs is 2. The number of likely N-dealkylation sites (N-methyl/N-ethyl adjacent to an activating group) is 1. The number of amides is 2. The molecular weight excluding hydrogens is 398 g/mol. The van der Waals surface area contributed by atoms with E-state index in [-0.39, 0.29) is 11.8 Å². The van der Waals surface area contributed by atoms with Crippen molar-refractivity contribution in [1.82, 2.24) is 15.5 Å². The molecule has 4 aromatic carbocycles. The predicted molar refractivity (Wildman–Crippen MR) is 130 cm³/mol. The number of carbonyl (C=O) groups excluding carboxylic acids is 2. The number of benzene rings is 4. The molecule has 4 aromatic rings. The summed E-state index contributed by atoms with van der Waals surface area (Å²) in [5, 5.41) is 10.0. The second-order valence-corrected chi connectivity index (χ2v) is 7.87. The van der Waals surface area contributed by atoms with Gasteiger partial charge in [-0.25, -0.2) is 0 Å². The average molecular weight is 426 g/mol. The van der Waals surface area contributed by atoms with Crippen molar-refractivity contribution in [2.75, 3.05) is 33.2 Å². The molecule has 0 aliphatic carbocycles. The summed E-state index contributed by atoms with van der Waals surface area (Å²) < 4.78 is 0. The number of hydrogen-bond donors (Lipinski definition) is 2. The Morgan fingerprint density at radius 1 is 0.625 bits per heavy atom. The van der Waals surface area contributed by atoms with Crippen LogP contribution >= 0.6 is 0 Å². The highest BCUT2D eigenvalue weighted by Crippen LogP contribution is 2.19. The quantitative estimate of drug-likeness (QED) is 0.447. The predicted octanol–water partition coefficient (Wildman–Crippen LogP) is 4.08. The molecule has 0 saturated heterocycles. The first-order valence-electron chi connectivity index (χ1n) is 10.8. The highest BCUT2D eigenvalue weighted by molar-refractivity contribution is 6.07. The minimum Gasteiger partial charge on any atom is -0.351 e. The van der Waals surface area contributed by atoms with Gasteiger partial charge in [0.05, 0.1) is 0 Å². The molecule has 0 atom stereocenters. The molecule has 0 spiro atoms. The summed E-state index contributed by atoms with van der Waals surface area (Å²) in [5.74, 6) is -0.140. The lowest BCUT2D eigenvalue weighted by Crippen LogP contribution is -2.37. The van der Waals surface area contributed by atoms with Gasteiger partial charge in [0, 0.05) is 37.3 Å². The van der Waals surface area contributed by atoms with Crippen molar-refractivity contribution < 1.29 is 9.59 Å². The van der Waals surface area contributed by atoms with E-state index in [4.69, 9.17) is 0 Å². The molecule has 5 heteroatoms. The van der Waals surface area contributed by atoms with E-state index in [9.17, 15) is 9.59 Å². The second kappa shape index (κ2) is 10.1. The zero-order valence-corrected chi connectivity index (χ0v) is 18.2. The third-order valence-corrected chi connectivity index (χ3v) is 5.63. The van der Waals surface area contributed by atoms with Crippen LogP contribution in [0.4, 0.5) is 0 Å². The minimum absolute atomic E-state index is 0.0699. The van der Waals surface area contributed by atoms with Crippen LogP contribution in [0.15, 0.2) is 84.9 Å². The van der Waals surface area contributed by atoms with Crippen LogP contribution in [-0.2, 0) is 0 Å². The smallest absolute Gasteiger partial charge is 0.251 e. The van der Waals surface area contributed by atoms with Crippen LogP contribution in [0.25, 0.3) is 21.5 Å². The van der Waals surface area contributed by atoms with Gasteiger partial charge in [-0.2, -0.15) is 0 Å². The summed E-state index contributed by atoms with van der Waals surface area (Å²) >= 11 is 0. The molecule has 32 heavy (non-hydrogen) atoms. The van der Waals surface area contributed by atoms with Crippen LogP contribution in [0.2, 0.25) is 0 Å². The molecule has 0 aliphatic heterocycles. The van der Waals surface area contributed by atoms with E-state index in [1.807, 2.05) is 92.0 Å². The third-order valence-electron chi connectivity index (χ3n) is 5.63. The van der Waals surface area contributed by atoms with Gasteiger partial charge in [-0.1, -0.05) is 72.8 Å². The Labute approximate surface area is 188 Å². The van der Waals surface area contributed by atoms with Crippen molar-refractivity contribution in [3.8, 4) is 0 Å². The molecule has 4 rings (SSSR count). The number of nitrogens with one attached hydrogen (secondary N) is 2. The van der Waals surface area contributed by atoms with E-state index in [2.05, 4.69) is 15.5 Å². The molecule has 2 amide bonds. The van der Waals surface area contributed by atoms with Gasteiger partial charge in [0.15, 0.2) is 0 Å². The van der Waals surface area contributed by atoms with Gasteiger partial charge in [0.25, 0.3) is 11.8 Å². The molecule has 0 bridgehead atoms. The summed E-state index contributed by atoms with van der Waals surface area (Å²) in [6.45, 7) is 2.47. The fourth-order valence-electron chi connectivity index (χ4n) is 3.87. The highest BCUT2D eigenvalue weighted by Gasteiger charge is 2.11. The first kappa shape index (κ1) is 21.5. The number of nitrogens with zero attached hydrogens (tertiary/aromatic N) is 1. The highest BCUT2D eigenvalue weighted by atomic mass is 16.2. The summed E-state index contributed by atoms with van der Waals surface area (Å²) in [6.07, 6.45) is 0. The van der Waals surface area contributed by atoms with Crippen molar-refractivity contribution in [2.45, 2.75) is 0 Å². The van der Waals surface area contributed by atoms with Crippen molar-refractivity contribution in [1.29, 1.82) is 0 Å². The van der Waals surface area contributed by atoms with Crippen LogP contribution < -0.4 is 10.6 Å². The largest absolute Gasteiger partial charge is 0.351 e. The minimum atomic E-state index is -0.0699. The molecule has 162 valence electrons. The van der Waals surface area contributed by atoms with E-state index in [0.717, 1.165) is 21.5 Å². The second-order valence-electron chi connectivity index (χ2n) is 7.87. The summed E-state index contributed by atoms with van der Waals surface area (Å²) in [6, 6.07) is 27.3. The van der Waals surface area contributed by atoms with Gasteiger partial charge in [-0.15, -0.1) is 0 Å². The van der Waals surface area contributed by atoms with Gasteiger partial charge in [0.1, 0.15) is 0 Å². The molecule has 0 radical (unpaired) electrons. The molecule has 5 nitrogen and oxygen atoms in total. The summed E-state index contributed by atoms with van der Waals surface area (Å²) in [4.78, 5) is 27.3. The SMILES string of the molecule is CN(CCNC(=O)c1cccc2ccccc12)CCNC(=O)c1cccc2ccccc12. The molecule has 0 aromatic heterocycles. The van der Waals surface area contributed by atoms with Crippen LogP contribution in [0.3, 0.4) is 0 Å². The number of rotatable bonds is 8. The number of carbonyl (C=O) groups is 2.